The van der Waals surface area contributed by atoms with Crippen LogP contribution < -0.4 is 9.64 Å². The smallest absolute Gasteiger partial charge is 0.263 e. The fourth-order valence-corrected chi connectivity index (χ4v) is 5.40. The van der Waals surface area contributed by atoms with Crippen molar-refractivity contribution in [3.05, 3.63) is 54.3 Å². The molecule has 2 aromatic rings. The van der Waals surface area contributed by atoms with Crippen molar-refractivity contribution in [1.82, 2.24) is 9.21 Å². The minimum Gasteiger partial charge on any atom is -0.481 e. The first-order valence-corrected chi connectivity index (χ1v) is 12.4. The lowest BCUT2D eigenvalue weighted by Gasteiger charge is -2.35. The Kier molecular flexibility index (Phi) is 7.16. The van der Waals surface area contributed by atoms with E-state index in [4.69, 9.17) is 9.47 Å². The van der Waals surface area contributed by atoms with E-state index in [0.717, 1.165) is 5.69 Å². The Balaban J connectivity index is 1.34. The third-order valence-corrected chi connectivity index (χ3v) is 7.79. The van der Waals surface area contributed by atoms with Gasteiger partial charge in [0.25, 0.3) is 5.91 Å². The van der Waals surface area contributed by atoms with Crippen LogP contribution >= 0.6 is 0 Å². The Morgan fingerprint density at radius 1 is 0.939 bits per heavy atom. The summed E-state index contributed by atoms with van der Waals surface area (Å²) in [6.45, 7) is 5.51. The molecule has 2 saturated heterocycles. The monoisotopic (exact) mass is 477 g/mol. The van der Waals surface area contributed by atoms with Crippen molar-refractivity contribution in [1.29, 1.82) is 0 Å². The predicted molar refractivity (Wildman–Crippen MR) is 121 cm³/mol. The first-order chi connectivity index (χ1) is 15.8. The Morgan fingerprint density at radius 3 is 2.15 bits per heavy atom. The number of rotatable bonds is 6. The van der Waals surface area contributed by atoms with Crippen molar-refractivity contribution in [2.75, 3.05) is 57.4 Å². The minimum atomic E-state index is -3.65. The molecule has 2 aliphatic heterocycles. The van der Waals surface area contributed by atoms with Crippen LogP contribution in [0.5, 0.6) is 5.75 Å². The van der Waals surface area contributed by atoms with Crippen LogP contribution in [0.3, 0.4) is 0 Å². The van der Waals surface area contributed by atoms with E-state index < -0.39 is 16.1 Å². The quantitative estimate of drug-likeness (QED) is 0.633. The van der Waals surface area contributed by atoms with Gasteiger partial charge in [0, 0.05) is 45.0 Å². The van der Waals surface area contributed by atoms with E-state index in [1.165, 1.54) is 28.6 Å². The highest BCUT2D eigenvalue weighted by Crippen LogP contribution is 2.24. The largest absolute Gasteiger partial charge is 0.481 e. The van der Waals surface area contributed by atoms with E-state index >= 15 is 0 Å². The predicted octanol–water partition coefficient (Wildman–Crippen LogP) is 1.96. The summed E-state index contributed by atoms with van der Waals surface area (Å²) >= 11 is 0. The van der Waals surface area contributed by atoms with Crippen molar-refractivity contribution < 1.29 is 27.1 Å². The number of nitrogens with zero attached hydrogens (tertiary/aromatic N) is 3. The van der Waals surface area contributed by atoms with Gasteiger partial charge in [0.15, 0.2) is 6.10 Å². The van der Waals surface area contributed by atoms with Crippen LogP contribution in [-0.4, -0.2) is 82.1 Å². The molecule has 2 aromatic carbocycles. The van der Waals surface area contributed by atoms with Crippen LogP contribution in [-0.2, 0) is 19.6 Å². The summed E-state index contributed by atoms with van der Waals surface area (Å²) in [6.07, 6.45) is -0.676. The van der Waals surface area contributed by atoms with Crippen molar-refractivity contribution >= 4 is 21.6 Å². The number of carbonyl (C=O) groups is 1. The number of sulfonamides is 1. The van der Waals surface area contributed by atoms with Gasteiger partial charge in [0.05, 0.1) is 18.1 Å². The summed E-state index contributed by atoms with van der Waals surface area (Å²) in [4.78, 5) is 16.4. The SMILES string of the molecule is C[C@@H](Oc1ccc(S(=O)(=O)N2CCN(c3ccc(F)cc3)CC2)cc1)C(=O)N1CCOCC1. The van der Waals surface area contributed by atoms with Gasteiger partial charge in [-0.3, -0.25) is 4.79 Å². The van der Waals surface area contributed by atoms with Crippen LogP contribution in [0, 0.1) is 5.82 Å². The number of piperazine rings is 1. The molecule has 1 atom stereocenters. The number of hydrogen-bond acceptors (Lipinski definition) is 6. The molecule has 0 aliphatic carbocycles. The molecular formula is C23H28FN3O5S. The van der Waals surface area contributed by atoms with Gasteiger partial charge < -0.3 is 19.3 Å². The second-order valence-corrected chi connectivity index (χ2v) is 9.97. The third-order valence-electron chi connectivity index (χ3n) is 5.88. The summed E-state index contributed by atoms with van der Waals surface area (Å²) in [7, 11) is -3.65. The Morgan fingerprint density at radius 2 is 1.55 bits per heavy atom. The summed E-state index contributed by atoms with van der Waals surface area (Å²) < 4.78 is 51.7. The molecule has 0 unspecified atom stereocenters. The zero-order valence-electron chi connectivity index (χ0n) is 18.5. The van der Waals surface area contributed by atoms with Gasteiger partial charge in [0.1, 0.15) is 11.6 Å². The number of hydrogen-bond donors (Lipinski definition) is 0. The number of amides is 1. The molecule has 0 bridgehead atoms. The van der Waals surface area contributed by atoms with Gasteiger partial charge in [-0.05, 0) is 55.5 Å². The van der Waals surface area contributed by atoms with E-state index in [9.17, 15) is 17.6 Å². The van der Waals surface area contributed by atoms with Crippen molar-refractivity contribution in [3.8, 4) is 5.75 Å². The van der Waals surface area contributed by atoms with Crippen LogP contribution in [0.4, 0.5) is 10.1 Å². The number of ether oxygens (including phenoxy) is 2. The second kappa shape index (κ2) is 10.1. The molecule has 1 amide bonds. The van der Waals surface area contributed by atoms with Crippen LogP contribution in [0.15, 0.2) is 53.4 Å². The highest BCUT2D eigenvalue weighted by Gasteiger charge is 2.29. The molecule has 0 spiro atoms. The summed E-state index contributed by atoms with van der Waals surface area (Å²) in [5.41, 5.74) is 0.871. The normalized spacial score (nSPS) is 18.7. The van der Waals surface area contributed by atoms with Crippen LogP contribution in [0.25, 0.3) is 0 Å². The average molecular weight is 478 g/mol. The Hall–Kier alpha value is -2.69. The van der Waals surface area contributed by atoms with E-state index in [0.29, 0.717) is 58.2 Å². The number of morpholine rings is 1. The topological polar surface area (TPSA) is 79.4 Å². The summed E-state index contributed by atoms with van der Waals surface area (Å²) in [5.74, 6) is 0.0189. The molecule has 4 rings (SSSR count). The van der Waals surface area contributed by atoms with E-state index in [1.54, 1.807) is 36.1 Å². The molecule has 0 radical (unpaired) electrons. The average Bonchev–Trinajstić information content (AvgIpc) is 2.85. The molecule has 0 N–H and O–H groups in total. The molecule has 178 valence electrons. The molecular weight excluding hydrogens is 449 g/mol. The van der Waals surface area contributed by atoms with Crippen molar-refractivity contribution in [3.63, 3.8) is 0 Å². The second-order valence-electron chi connectivity index (χ2n) is 8.04. The fraction of sp³-hybridized carbons (Fsp3) is 0.435. The minimum absolute atomic E-state index is 0.117. The van der Waals surface area contributed by atoms with Gasteiger partial charge in [-0.1, -0.05) is 0 Å². The van der Waals surface area contributed by atoms with Gasteiger partial charge in [-0.25, -0.2) is 12.8 Å². The van der Waals surface area contributed by atoms with Gasteiger partial charge in [-0.15, -0.1) is 0 Å². The van der Waals surface area contributed by atoms with Crippen LogP contribution in [0.1, 0.15) is 6.92 Å². The maximum Gasteiger partial charge on any atom is 0.263 e. The lowest BCUT2D eigenvalue weighted by Crippen LogP contribution is -2.48. The molecule has 8 nitrogen and oxygen atoms in total. The highest BCUT2D eigenvalue weighted by atomic mass is 32.2. The van der Waals surface area contributed by atoms with Crippen molar-refractivity contribution in [2.24, 2.45) is 0 Å². The summed E-state index contributed by atoms with van der Waals surface area (Å²) in [5, 5.41) is 0. The zero-order chi connectivity index (χ0) is 23.4. The van der Waals surface area contributed by atoms with Gasteiger partial charge in [-0.2, -0.15) is 4.31 Å². The van der Waals surface area contributed by atoms with E-state index in [-0.39, 0.29) is 16.6 Å². The zero-order valence-corrected chi connectivity index (χ0v) is 19.3. The van der Waals surface area contributed by atoms with Gasteiger partial charge in [0.2, 0.25) is 10.0 Å². The number of anilines is 1. The van der Waals surface area contributed by atoms with E-state index in [1.807, 2.05) is 4.90 Å². The standard InChI is InChI=1S/C23H28FN3O5S/c1-18(23(28)26-14-16-31-17-15-26)32-21-6-8-22(9-7-21)33(29,30)27-12-10-25(11-13-27)20-4-2-19(24)3-5-20/h2-9,18H,10-17H2,1H3/t18-/m1/s1. The maximum atomic E-state index is 13.1. The lowest BCUT2D eigenvalue weighted by atomic mass is 10.2. The van der Waals surface area contributed by atoms with E-state index in [2.05, 4.69) is 0 Å². The molecule has 0 saturated carbocycles. The van der Waals surface area contributed by atoms with Crippen LogP contribution in [0.2, 0.25) is 0 Å². The molecule has 2 aliphatic rings. The fourth-order valence-electron chi connectivity index (χ4n) is 3.97. The number of halogens is 1. The Labute approximate surface area is 193 Å². The maximum absolute atomic E-state index is 13.1. The number of carbonyl (C=O) groups excluding carboxylic acids is 1. The van der Waals surface area contributed by atoms with Crippen molar-refractivity contribution in [2.45, 2.75) is 17.9 Å². The van der Waals surface area contributed by atoms with Gasteiger partial charge >= 0.3 is 0 Å². The molecule has 0 aromatic heterocycles. The molecule has 33 heavy (non-hydrogen) atoms. The third kappa shape index (κ3) is 5.45. The molecule has 10 heteroatoms. The number of benzene rings is 2. The summed E-state index contributed by atoms with van der Waals surface area (Å²) in [6, 6.07) is 12.3. The first kappa shape index (κ1) is 23.5. The lowest BCUT2D eigenvalue weighted by molar-refractivity contribution is -0.142. The Bertz CT molecular complexity index is 1050. The first-order valence-electron chi connectivity index (χ1n) is 11.0. The molecule has 2 heterocycles. The molecule has 2 fully saturated rings. The highest BCUT2D eigenvalue weighted by molar-refractivity contribution is 7.89.